The van der Waals surface area contributed by atoms with E-state index in [0.29, 0.717) is 0 Å². The third-order valence-electron chi connectivity index (χ3n) is 4.05. The van der Waals surface area contributed by atoms with Gasteiger partial charge >= 0.3 is 0 Å². The van der Waals surface area contributed by atoms with Gasteiger partial charge in [-0.1, -0.05) is 13.8 Å². The molecule has 2 N–H and O–H groups in total. The average Bonchev–Trinajstić information content (AvgIpc) is 2.29. The van der Waals surface area contributed by atoms with E-state index < -0.39 is 0 Å². The molecule has 0 saturated carbocycles. The second-order valence-electron chi connectivity index (χ2n) is 5.58. The first kappa shape index (κ1) is 13.5. The fourth-order valence-corrected chi connectivity index (χ4v) is 2.17. The van der Waals surface area contributed by atoms with E-state index in [1.165, 1.54) is 0 Å². The van der Waals surface area contributed by atoms with E-state index in [9.17, 15) is 4.79 Å². The van der Waals surface area contributed by atoms with Crippen LogP contribution in [0.25, 0.3) is 0 Å². The number of rotatable bonds is 4. The van der Waals surface area contributed by atoms with Crippen LogP contribution < -0.4 is 10.6 Å². The number of hydrogen-bond donors (Lipinski definition) is 2. The van der Waals surface area contributed by atoms with Crippen molar-refractivity contribution in [1.82, 2.24) is 10.6 Å². The van der Waals surface area contributed by atoms with Gasteiger partial charge in [0.1, 0.15) is 0 Å². The van der Waals surface area contributed by atoms with Gasteiger partial charge in [-0.3, -0.25) is 4.79 Å². The average molecular weight is 226 g/mol. The summed E-state index contributed by atoms with van der Waals surface area (Å²) in [7, 11) is 0. The quantitative estimate of drug-likeness (QED) is 0.770. The Morgan fingerprint density at radius 3 is 2.31 bits per heavy atom. The summed E-state index contributed by atoms with van der Waals surface area (Å²) in [5.41, 5.74) is -0.207. The summed E-state index contributed by atoms with van der Waals surface area (Å²) in [5.74, 6) is 0.253. The summed E-state index contributed by atoms with van der Waals surface area (Å²) in [6.45, 7) is 10.4. The molecule has 1 aliphatic heterocycles. The predicted octanol–water partition coefficient (Wildman–Crippen LogP) is 2.07. The van der Waals surface area contributed by atoms with Crippen molar-refractivity contribution in [1.29, 1.82) is 0 Å². The van der Waals surface area contributed by atoms with Crippen molar-refractivity contribution in [2.24, 2.45) is 5.41 Å². The number of amides is 1. The zero-order valence-electron chi connectivity index (χ0n) is 11.2. The predicted molar refractivity (Wildman–Crippen MR) is 67.3 cm³/mol. The van der Waals surface area contributed by atoms with Crippen molar-refractivity contribution >= 4 is 5.91 Å². The van der Waals surface area contributed by atoms with E-state index in [2.05, 4.69) is 38.3 Å². The molecule has 3 heteroatoms. The summed E-state index contributed by atoms with van der Waals surface area (Å²) in [6, 6.07) is 0. The van der Waals surface area contributed by atoms with Gasteiger partial charge in [0, 0.05) is 5.54 Å². The van der Waals surface area contributed by atoms with E-state index in [1.54, 1.807) is 0 Å². The maximum atomic E-state index is 12.4. The lowest BCUT2D eigenvalue weighted by molar-refractivity contribution is -0.134. The third kappa shape index (κ3) is 2.97. The zero-order valence-corrected chi connectivity index (χ0v) is 11.2. The first-order chi connectivity index (χ1) is 7.46. The first-order valence-corrected chi connectivity index (χ1v) is 6.49. The highest BCUT2D eigenvalue weighted by atomic mass is 16.2. The smallest absolute Gasteiger partial charge is 0.226 e. The van der Waals surface area contributed by atoms with Crippen molar-refractivity contribution in [3.8, 4) is 0 Å². The van der Waals surface area contributed by atoms with E-state index in [-0.39, 0.29) is 16.9 Å². The highest BCUT2D eigenvalue weighted by molar-refractivity contribution is 5.83. The Bertz CT molecular complexity index is 242. The molecule has 1 fully saturated rings. The fourth-order valence-electron chi connectivity index (χ4n) is 2.17. The molecule has 0 radical (unpaired) electrons. The summed E-state index contributed by atoms with van der Waals surface area (Å²) < 4.78 is 0. The van der Waals surface area contributed by atoms with Crippen molar-refractivity contribution in [2.45, 2.75) is 58.9 Å². The number of hydrogen-bond acceptors (Lipinski definition) is 2. The summed E-state index contributed by atoms with van der Waals surface area (Å²) in [6.07, 6.45) is 3.85. The first-order valence-electron chi connectivity index (χ1n) is 6.49. The monoisotopic (exact) mass is 226 g/mol. The lowest BCUT2D eigenvalue weighted by atomic mass is 9.75. The van der Waals surface area contributed by atoms with Crippen LogP contribution >= 0.6 is 0 Å². The molecule has 0 atom stereocenters. The minimum atomic E-state index is -0.127. The van der Waals surface area contributed by atoms with E-state index in [1.807, 2.05) is 0 Å². The lowest BCUT2D eigenvalue weighted by Crippen LogP contribution is -2.53. The highest BCUT2D eigenvalue weighted by Gasteiger charge is 2.39. The molecule has 1 amide bonds. The summed E-state index contributed by atoms with van der Waals surface area (Å²) in [5, 5.41) is 6.53. The highest BCUT2D eigenvalue weighted by Crippen LogP contribution is 2.33. The molecule has 0 aromatic carbocycles. The molecule has 1 saturated heterocycles. The van der Waals surface area contributed by atoms with Gasteiger partial charge < -0.3 is 10.6 Å². The van der Waals surface area contributed by atoms with Crippen molar-refractivity contribution in [2.75, 3.05) is 13.1 Å². The maximum Gasteiger partial charge on any atom is 0.226 e. The van der Waals surface area contributed by atoms with Crippen molar-refractivity contribution in [3.05, 3.63) is 0 Å². The SMILES string of the molecule is CCC(C)(C)NC(=O)C1(CC)CCNCC1. The van der Waals surface area contributed by atoms with Gasteiger partial charge in [-0.25, -0.2) is 0 Å². The van der Waals surface area contributed by atoms with Gasteiger partial charge in [-0.15, -0.1) is 0 Å². The van der Waals surface area contributed by atoms with Crippen LogP contribution in [0.3, 0.4) is 0 Å². The van der Waals surface area contributed by atoms with E-state index in [4.69, 9.17) is 0 Å². The molecule has 3 nitrogen and oxygen atoms in total. The van der Waals surface area contributed by atoms with Crippen LogP contribution in [0.5, 0.6) is 0 Å². The van der Waals surface area contributed by atoms with Crippen LogP contribution in [0.15, 0.2) is 0 Å². The Balaban J connectivity index is 2.69. The molecule has 0 spiro atoms. The van der Waals surface area contributed by atoms with Crippen LogP contribution in [-0.4, -0.2) is 24.5 Å². The Morgan fingerprint density at radius 2 is 1.88 bits per heavy atom. The number of carbonyl (C=O) groups excluding carboxylic acids is 1. The largest absolute Gasteiger partial charge is 0.351 e. The number of nitrogens with one attached hydrogen (secondary N) is 2. The Morgan fingerprint density at radius 1 is 1.31 bits per heavy atom. The van der Waals surface area contributed by atoms with Gasteiger partial charge in [0.15, 0.2) is 0 Å². The number of carbonyl (C=O) groups is 1. The van der Waals surface area contributed by atoms with Crippen LogP contribution in [-0.2, 0) is 4.79 Å². The zero-order chi connectivity index (χ0) is 12.2. The van der Waals surface area contributed by atoms with Crippen LogP contribution in [0.4, 0.5) is 0 Å². The molecular formula is C13H26N2O. The van der Waals surface area contributed by atoms with E-state index in [0.717, 1.165) is 38.8 Å². The van der Waals surface area contributed by atoms with Crippen LogP contribution in [0.2, 0.25) is 0 Å². The molecule has 0 aliphatic carbocycles. The van der Waals surface area contributed by atoms with Crippen molar-refractivity contribution < 1.29 is 4.79 Å². The standard InChI is InChI=1S/C13H26N2O/c1-5-12(3,4)15-11(16)13(6-2)7-9-14-10-8-13/h14H,5-10H2,1-4H3,(H,15,16). The molecule has 0 aromatic heterocycles. The fraction of sp³-hybridized carbons (Fsp3) is 0.923. The molecule has 1 rings (SSSR count). The van der Waals surface area contributed by atoms with E-state index >= 15 is 0 Å². The third-order valence-corrected chi connectivity index (χ3v) is 4.05. The Hall–Kier alpha value is -0.570. The molecule has 1 aliphatic rings. The van der Waals surface area contributed by atoms with Gasteiger partial charge in [-0.05, 0) is 52.6 Å². The molecule has 0 aromatic rings. The van der Waals surface area contributed by atoms with Crippen LogP contribution in [0, 0.1) is 5.41 Å². The Kier molecular flexibility index (Phi) is 4.36. The number of piperidine rings is 1. The molecule has 94 valence electrons. The van der Waals surface area contributed by atoms with Gasteiger partial charge in [0.25, 0.3) is 0 Å². The van der Waals surface area contributed by atoms with Gasteiger partial charge in [0.05, 0.1) is 5.41 Å². The molecule has 0 bridgehead atoms. The second-order valence-corrected chi connectivity index (χ2v) is 5.58. The van der Waals surface area contributed by atoms with Gasteiger partial charge in [-0.2, -0.15) is 0 Å². The summed E-state index contributed by atoms with van der Waals surface area (Å²) >= 11 is 0. The summed E-state index contributed by atoms with van der Waals surface area (Å²) in [4.78, 5) is 12.4. The topological polar surface area (TPSA) is 41.1 Å². The molecule has 0 unspecified atom stereocenters. The Labute approximate surface area is 99.4 Å². The maximum absolute atomic E-state index is 12.4. The molecule has 16 heavy (non-hydrogen) atoms. The van der Waals surface area contributed by atoms with Crippen molar-refractivity contribution in [3.63, 3.8) is 0 Å². The molecule has 1 heterocycles. The normalized spacial score (nSPS) is 20.5. The minimum Gasteiger partial charge on any atom is -0.351 e. The van der Waals surface area contributed by atoms with Crippen LogP contribution in [0.1, 0.15) is 53.4 Å². The minimum absolute atomic E-state index is 0.0792. The van der Waals surface area contributed by atoms with Gasteiger partial charge in [0.2, 0.25) is 5.91 Å². The molecular weight excluding hydrogens is 200 g/mol. The lowest BCUT2D eigenvalue weighted by Gasteiger charge is -2.38. The second kappa shape index (κ2) is 5.17.